The van der Waals surface area contributed by atoms with Crippen molar-refractivity contribution in [1.82, 2.24) is 15.0 Å². The molecule has 0 unspecified atom stereocenters. The van der Waals surface area contributed by atoms with Crippen LogP contribution in [0.4, 0.5) is 11.5 Å². The van der Waals surface area contributed by atoms with Gasteiger partial charge in [-0.1, -0.05) is 19.1 Å². The van der Waals surface area contributed by atoms with Gasteiger partial charge in [-0.2, -0.15) is 0 Å². The zero-order valence-corrected chi connectivity index (χ0v) is 14.6. The van der Waals surface area contributed by atoms with Gasteiger partial charge in [-0.3, -0.25) is 0 Å². The Kier molecular flexibility index (Phi) is 4.73. The summed E-state index contributed by atoms with van der Waals surface area (Å²) in [6.45, 7) is 6.15. The van der Waals surface area contributed by atoms with Gasteiger partial charge >= 0.3 is 0 Å². The summed E-state index contributed by atoms with van der Waals surface area (Å²) >= 11 is 0. The summed E-state index contributed by atoms with van der Waals surface area (Å²) in [5.41, 5.74) is 1.08. The smallest absolute Gasteiger partial charge is 0.177 e. The molecular formula is C17H24N4O3. The summed E-state index contributed by atoms with van der Waals surface area (Å²) in [5, 5.41) is 8.39. The molecule has 3 rings (SSSR count). The molecule has 1 fully saturated rings. The largest absolute Gasteiger partial charge is 0.497 e. The summed E-state index contributed by atoms with van der Waals surface area (Å²) in [7, 11) is 3.60. The molecule has 1 aliphatic heterocycles. The van der Waals surface area contributed by atoms with Crippen molar-refractivity contribution in [3.05, 3.63) is 30.5 Å². The van der Waals surface area contributed by atoms with Crippen LogP contribution < -0.4 is 9.64 Å². The van der Waals surface area contributed by atoms with E-state index in [-0.39, 0.29) is 11.7 Å². The Hall–Kier alpha value is -2.12. The second-order valence-corrected chi connectivity index (χ2v) is 6.77. The van der Waals surface area contributed by atoms with Crippen LogP contribution in [0.3, 0.4) is 0 Å². The van der Waals surface area contributed by atoms with E-state index in [9.17, 15) is 0 Å². The van der Waals surface area contributed by atoms with Gasteiger partial charge in [0.15, 0.2) is 12.1 Å². The molecule has 1 aliphatic rings. The van der Waals surface area contributed by atoms with Crippen molar-refractivity contribution in [3.63, 3.8) is 0 Å². The highest BCUT2D eigenvalue weighted by molar-refractivity contribution is 5.58. The monoisotopic (exact) mass is 332 g/mol. The number of nitrogens with zero attached hydrogens (tertiary/aromatic N) is 4. The molecule has 0 spiro atoms. The molecule has 0 N–H and O–H groups in total. The summed E-state index contributed by atoms with van der Waals surface area (Å²) in [6, 6.07) is 7.80. The molecule has 0 atom stereocenters. The number of hydrogen-bond donors (Lipinski definition) is 0. The van der Waals surface area contributed by atoms with Crippen molar-refractivity contribution >= 4 is 11.5 Å². The Bertz CT molecular complexity index is 659. The van der Waals surface area contributed by atoms with E-state index < -0.39 is 0 Å². The number of anilines is 2. The number of rotatable bonds is 5. The number of benzene rings is 1. The molecule has 0 aliphatic carbocycles. The maximum Gasteiger partial charge on any atom is 0.177 e. The minimum Gasteiger partial charge on any atom is -0.497 e. The Morgan fingerprint density at radius 1 is 1.25 bits per heavy atom. The van der Waals surface area contributed by atoms with Gasteiger partial charge in [-0.25, -0.2) is 4.68 Å². The maximum absolute atomic E-state index is 5.74. The first-order valence-electron chi connectivity index (χ1n) is 7.98. The molecule has 0 bridgehead atoms. The van der Waals surface area contributed by atoms with Crippen LogP contribution in [-0.2, 0) is 16.0 Å². The van der Waals surface area contributed by atoms with Gasteiger partial charge in [-0.05, 0) is 24.3 Å². The van der Waals surface area contributed by atoms with E-state index in [1.54, 1.807) is 11.8 Å². The average Bonchev–Trinajstić information content (AvgIpc) is 3.05. The van der Waals surface area contributed by atoms with Gasteiger partial charge in [-0.15, -0.1) is 5.10 Å². The normalized spacial score (nSPS) is 17.7. The third-order valence-corrected chi connectivity index (χ3v) is 3.99. The van der Waals surface area contributed by atoms with Gasteiger partial charge in [0.2, 0.25) is 0 Å². The van der Waals surface area contributed by atoms with Crippen LogP contribution in [0.15, 0.2) is 30.5 Å². The van der Waals surface area contributed by atoms with Crippen molar-refractivity contribution in [3.8, 4) is 5.75 Å². The topological polar surface area (TPSA) is 61.6 Å². The average molecular weight is 332 g/mol. The zero-order chi connectivity index (χ0) is 17.2. The Labute approximate surface area is 142 Å². The number of hydrogen-bond acceptors (Lipinski definition) is 6. The zero-order valence-electron chi connectivity index (χ0n) is 14.6. The predicted molar refractivity (Wildman–Crippen MR) is 90.6 cm³/mol. The van der Waals surface area contributed by atoms with Crippen molar-refractivity contribution in [2.45, 2.75) is 26.7 Å². The Morgan fingerprint density at radius 2 is 1.92 bits per heavy atom. The lowest BCUT2D eigenvalue weighted by atomic mass is 9.96. The quantitative estimate of drug-likeness (QED) is 0.838. The SMILES string of the molecule is COc1ccc(N(C)c2cn(CC3OCC(C)(C)CO3)nn2)cc1. The molecule has 1 aromatic carbocycles. The Morgan fingerprint density at radius 3 is 2.54 bits per heavy atom. The fourth-order valence-corrected chi connectivity index (χ4v) is 2.45. The number of aromatic nitrogens is 3. The van der Waals surface area contributed by atoms with E-state index in [0.29, 0.717) is 19.8 Å². The van der Waals surface area contributed by atoms with E-state index in [1.807, 2.05) is 42.4 Å². The van der Waals surface area contributed by atoms with Crippen molar-refractivity contribution in [2.24, 2.45) is 5.41 Å². The molecule has 0 saturated carbocycles. The first kappa shape index (κ1) is 16.7. The van der Waals surface area contributed by atoms with E-state index in [0.717, 1.165) is 17.3 Å². The molecule has 0 radical (unpaired) electrons. The van der Waals surface area contributed by atoms with Gasteiger partial charge in [0.25, 0.3) is 0 Å². The lowest BCUT2D eigenvalue weighted by Crippen LogP contribution is -2.39. The summed E-state index contributed by atoms with van der Waals surface area (Å²) in [4.78, 5) is 1.97. The van der Waals surface area contributed by atoms with Gasteiger partial charge in [0.1, 0.15) is 5.75 Å². The lowest BCUT2D eigenvalue weighted by molar-refractivity contribution is -0.227. The fourth-order valence-electron chi connectivity index (χ4n) is 2.45. The van der Waals surface area contributed by atoms with Crippen LogP contribution in [0, 0.1) is 5.41 Å². The third kappa shape index (κ3) is 3.85. The minimum absolute atomic E-state index is 0.0681. The molecule has 24 heavy (non-hydrogen) atoms. The van der Waals surface area contributed by atoms with Gasteiger partial charge in [0.05, 0.1) is 33.1 Å². The lowest BCUT2D eigenvalue weighted by Gasteiger charge is -2.34. The molecule has 1 saturated heterocycles. The van der Waals surface area contributed by atoms with E-state index in [1.165, 1.54) is 0 Å². The first-order valence-corrected chi connectivity index (χ1v) is 7.98. The number of methoxy groups -OCH3 is 1. The second-order valence-electron chi connectivity index (χ2n) is 6.77. The molecule has 2 aromatic rings. The van der Waals surface area contributed by atoms with Crippen LogP contribution in [0.25, 0.3) is 0 Å². The van der Waals surface area contributed by atoms with Crippen LogP contribution >= 0.6 is 0 Å². The number of ether oxygens (including phenoxy) is 3. The summed E-state index contributed by atoms with van der Waals surface area (Å²) in [5.74, 6) is 1.58. The van der Waals surface area contributed by atoms with E-state index in [4.69, 9.17) is 14.2 Å². The first-order chi connectivity index (χ1) is 11.5. The molecule has 130 valence electrons. The molecule has 0 amide bonds. The highest BCUT2D eigenvalue weighted by Crippen LogP contribution is 2.25. The molecular weight excluding hydrogens is 308 g/mol. The highest BCUT2D eigenvalue weighted by atomic mass is 16.7. The Balaban J connectivity index is 1.62. The van der Waals surface area contributed by atoms with Crippen molar-refractivity contribution in [2.75, 3.05) is 32.3 Å². The second kappa shape index (κ2) is 6.78. The minimum atomic E-state index is -0.279. The van der Waals surface area contributed by atoms with E-state index >= 15 is 0 Å². The van der Waals surface area contributed by atoms with Crippen LogP contribution in [0.5, 0.6) is 5.75 Å². The van der Waals surface area contributed by atoms with Crippen molar-refractivity contribution < 1.29 is 14.2 Å². The van der Waals surface area contributed by atoms with Crippen molar-refractivity contribution in [1.29, 1.82) is 0 Å². The predicted octanol–water partition coefficient (Wildman–Crippen LogP) is 2.45. The van der Waals surface area contributed by atoms with Crippen LogP contribution in [0.2, 0.25) is 0 Å². The third-order valence-electron chi connectivity index (χ3n) is 3.99. The van der Waals surface area contributed by atoms with Gasteiger partial charge < -0.3 is 19.1 Å². The summed E-state index contributed by atoms with van der Waals surface area (Å²) in [6.07, 6.45) is 1.61. The van der Waals surface area contributed by atoms with Crippen LogP contribution in [0.1, 0.15) is 13.8 Å². The molecule has 1 aromatic heterocycles. The standard InChI is InChI=1S/C17H24N4O3/c1-17(2)11-23-16(24-12-17)10-21-9-15(18-19-21)20(3)13-5-7-14(22-4)8-6-13/h5-9,16H,10-12H2,1-4H3. The molecule has 7 nitrogen and oxygen atoms in total. The van der Waals surface area contributed by atoms with Crippen LogP contribution in [-0.4, -0.2) is 48.7 Å². The maximum atomic E-state index is 5.74. The highest BCUT2D eigenvalue weighted by Gasteiger charge is 2.28. The van der Waals surface area contributed by atoms with Gasteiger partial charge in [0, 0.05) is 18.2 Å². The van der Waals surface area contributed by atoms with E-state index in [2.05, 4.69) is 24.2 Å². The molecule has 2 heterocycles. The summed E-state index contributed by atoms with van der Waals surface area (Å²) < 4.78 is 18.4. The molecule has 7 heteroatoms. The fraction of sp³-hybridized carbons (Fsp3) is 0.529.